The van der Waals surface area contributed by atoms with E-state index in [2.05, 4.69) is 153 Å². The van der Waals surface area contributed by atoms with Crippen LogP contribution in [0.5, 0.6) is 0 Å². The molecule has 0 heterocycles. The summed E-state index contributed by atoms with van der Waals surface area (Å²) < 4.78 is 0. The third-order valence-corrected chi connectivity index (χ3v) is 8.16. The fourth-order valence-corrected chi connectivity index (χ4v) is 6.13. The molecule has 0 nitrogen and oxygen atoms in total. The average Bonchev–Trinajstić information content (AvgIpc) is 3.07. The summed E-state index contributed by atoms with van der Waals surface area (Å²) in [7, 11) is 0. The van der Waals surface area contributed by atoms with E-state index in [1.165, 1.54) is 65.7 Å². The summed E-state index contributed by atoms with van der Waals surface area (Å²) in [5.41, 5.74) is 9.29. The molecule has 0 amide bonds. The quantitative estimate of drug-likeness (QED) is 0.147. The molecular formula is C42H30. The summed E-state index contributed by atoms with van der Waals surface area (Å²) in [4.78, 5) is 0. The maximum atomic E-state index is 4.06. The SMILES string of the molecule is C=C/C=C(\C=C)c1cc(-c2ccccc2)cc(-c2cccc(-c3ccc4c5ccccc5c5ccccc5c4c3)c2)c1. The summed E-state index contributed by atoms with van der Waals surface area (Å²) in [5, 5.41) is 7.75. The lowest BCUT2D eigenvalue weighted by molar-refractivity contribution is 1.55. The van der Waals surface area contributed by atoms with Crippen molar-refractivity contribution in [1.29, 1.82) is 0 Å². The van der Waals surface area contributed by atoms with Gasteiger partial charge in [-0.1, -0.05) is 141 Å². The molecule has 0 saturated heterocycles. The van der Waals surface area contributed by atoms with Crippen molar-refractivity contribution in [1.82, 2.24) is 0 Å². The second-order valence-corrected chi connectivity index (χ2v) is 10.7. The molecule has 0 aromatic heterocycles. The molecule has 0 bridgehead atoms. The standard InChI is InChI=1S/C42H30/c1-3-13-29(4-2)34-25-35(30-14-6-5-7-15-30)27-36(26-34)32-17-12-16-31(24-32)33-22-23-41-39-20-9-8-18-37(39)38-19-10-11-21-40(38)42(41)28-33/h3-28H,1-2H2/b29-13+. The lowest BCUT2D eigenvalue weighted by Gasteiger charge is -2.14. The van der Waals surface area contributed by atoms with Crippen LogP contribution in [0.3, 0.4) is 0 Å². The lowest BCUT2D eigenvalue weighted by atomic mass is 9.90. The van der Waals surface area contributed by atoms with E-state index >= 15 is 0 Å². The van der Waals surface area contributed by atoms with Gasteiger partial charge >= 0.3 is 0 Å². The maximum Gasteiger partial charge on any atom is -0.00928 e. The highest BCUT2D eigenvalue weighted by Gasteiger charge is 2.11. The molecule has 0 heteroatoms. The second kappa shape index (κ2) is 10.8. The van der Waals surface area contributed by atoms with E-state index in [0.29, 0.717) is 0 Å². The molecule has 7 rings (SSSR count). The molecule has 0 saturated carbocycles. The molecule has 0 spiro atoms. The first-order valence-electron chi connectivity index (χ1n) is 14.3. The van der Waals surface area contributed by atoms with Gasteiger partial charge < -0.3 is 0 Å². The van der Waals surface area contributed by atoms with Crippen molar-refractivity contribution in [3.8, 4) is 33.4 Å². The van der Waals surface area contributed by atoms with E-state index in [4.69, 9.17) is 0 Å². The molecule has 0 fully saturated rings. The lowest BCUT2D eigenvalue weighted by Crippen LogP contribution is -1.89. The van der Waals surface area contributed by atoms with Gasteiger partial charge in [0, 0.05) is 0 Å². The third kappa shape index (κ3) is 4.54. The minimum Gasteiger partial charge on any atom is -0.0990 e. The Balaban J connectivity index is 1.40. The Morgan fingerprint density at radius 3 is 1.48 bits per heavy atom. The van der Waals surface area contributed by atoms with Crippen LogP contribution in [0.4, 0.5) is 0 Å². The van der Waals surface area contributed by atoms with Crippen LogP contribution in [0.1, 0.15) is 5.56 Å². The van der Waals surface area contributed by atoms with Gasteiger partial charge in [-0.2, -0.15) is 0 Å². The third-order valence-electron chi connectivity index (χ3n) is 8.16. The average molecular weight is 535 g/mol. The summed E-state index contributed by atoms with van der Waals surface area (Å²) in [6.45, 7) is 7.98. The van der Waals surface area contributed by atoms with Crippen molar-refractivity contribution in [2.75, 3.05) is 0 Å². The van der Waals surface area contributed by atoms with Crippen molar-refractivity contribution in [3.05, 3.63) is 176 Å². The molecule has 0 radical (unpaired) electrons. The molecule has 7 aromatic rings. The van der Waals surface area contributed by atoms with Crippen LogP contribution >= 0.6 is 0 Å². The molecule has 7 aromatic carbocycles. The van der Waals surface area contributed by atoms with Crippen LogP contribution in [-0.4, -0.2) is 0 Å². The van der Waals surface area contributed by atoms with Gasteiger partial charge in [0.2, 0.25) is 0 Å². The number of rotatable bonds is 6. The van der Waals surface area contributed by atoms with Crippen LogP contribution in [0.2, 0.25) is 0 Å². The van der Waals surface area contributed by atoms with Gasteiger partial charge in [0.1, 0.15) is 0 Å². The Hall–Kier alpha value is -5.46. The molecule has 0 aliphatic heterocycles. The number of fused-ring (bicyclic) bond motifs is 6. The molecule has 0 aliphatic rings. The van der Waals surface area contributed by atoms with Crippen LogP contribution in [-0.2, 0) is 0 Å². The highest BCUT2D eigenvalue weighted by Crippen LogP contribution is 2.38. The Morgan fingerprint density at radius 2 is 0.857 bits per heavy atom. The van der Waals surface area contributed by atoms with Crippen molar-refractivity contribution >= 4 is 37.9 Å². The molecular weight excluding hydrogens is 504 g/mol. The highest BCUT2D eigenvalue weighted by molar-refractivity contribution is 6.25. The van der Waals surface area contributed by atoms with E-state index in [1.54, 1.807) is 0 Å². The van der Waals surface area contributed by atoms with Gasteiger partial charge in [-0.05, 0) is 107 Å². The summed E-state index contributed by atoms with van der Waals surface area (Å²) in [6, 6.07) is 50.6. The zero-order chi connectivity index (χ0) is 28.5. The number of benzene rings is 7. The fraction of sp³-hybridized carbons (Fsp3) is 0. The predicted octanol–water partition coefficient (Wildman–Crippen LogP) is 11.9. The Bertz CT molecular complexity index is 2120. The topological polar surface area (TPSA) is 0 Å². The molecule has 0 aliphatic carbocycles. The van der Waals surface area contributed by atoms with E-state index in [0.717, 1.165) is 11.1 Å². The number of hydrogen-bond donors (Lipinski definition) is 0. The van der Waals surface area contributed by atoms with E-state index < -0.39 is 0 Å². The van der Waals surface area contributed by atoms with E-state index in [-0.39, 0.29) is 0 Å². The van der Waals surface area contributed by atoms with Gasteiger partial charge in [0.25, 0.3) is 0 Å². The van der Waals surface area contributed by atoms with Crippen molar-refractivity contribution in [2.45, 2.75) is 0 Å². The first kappa shape index (κ1) is 25.5. The van der Waals surface area contributed by atoms with Gasteiger partial charge in [0.05, 0.1) is 0 Å². The first-order valence-corrected chi connectivity index (χ1v) is 14.3. The van der Waals surface area contributed by atoms with Crippen LogP contribution < -0.4 is 0 Å². The molecule has 0 unspecified atom stereocenters. The zero-order valence-electron chi connectivity index (χ0n) is 23.4. The van der Waals surface area contributed by atoms with Gasteiger partial charge in [-0.15, -0.1) is 0 Å². The second-order valence-electron chi connectivity index (χ2n) is 10.7. The van der Waals surface area contributed by atoms with Crippen molar-refractivity contribution < 1.29 is 0 Å². The fourth-order valence-electron chi connectivity index (χ4n) is 6.13. The monoisotopic (exact) mass is 534 g/mol. The molecule has 0 N–H and O–H groups in total. The molecule has 42 heavy (non-hydrogen) atoms. The zero-order valence-corrected chi connectivity index (χ0v) is 23.4. The summed E-state index contributed by atoms with van der Waals surface area (Å²) >= 11 is 0. The molecule has 0 atom stereocenters. The summed E-state index contributed by atoms with van der Waals surface area (Å²) in [5.74, 6) is 0. The molecule has 198 valence electrons. The normalized spacial score (nSPS) is 11.7. The maximum absolute atomic E-state index is 4.06. The van der Waals surface area contributed by atoms with Crippen LogP contribution in [0.25, 0.3) is 71.3 Å². The summed E-state index contributed by atoms with van der Waals surface area (Å²) in [6.07, 6.45) is 5.73. The Labute approximate surface area is 247 Å². The van der Waals surface area contributed by atoms with Crippen LogP contribution in [0.15, 0.2) is 171 Å². The van der Waals surface area contributed by atoms with Gasteiger partial charge in [-0.3, -0.25) is 0 Å². The largest absolute Gasteiger partial charge is 0.0990 e. The van der Waals surface area contributed by atoms with Gasteiger partial charge in [-0.25, -0.2) is 0 Å². The van der Waals surface area contributed by atoms with Crippen molar-refractivity contribution in [2.24, 2.45) is 0 Å². The Morgan fingerprint density at radius 1 is 0.381 bits per heavy atom. The predicted molar refractivity (Wildman–Crippen MR) is 184 cm³/mol. The minimum atomic E-state index is 1.05. The first-order chi connectivity index (χ1) is 20.7. The van der Waals surface area contributed by atoms with Crippen molar-refractivity contribution in [3.63, 3.8) is 0 Å². The Kier molecular flexibility index (Phi) is 6.58. The van der Waals surface area contributed by atoms with E-state index in [1.807, 2.05) is 18.2 Å². The highest BCUT2D eigenvalue weighted by atomic mass is 14.2. The number of hydrogen-bond acceptors (Lipinski definition) is 0. The number of allylic oxidation sites excluding steroid dienone is 4. The van der Waals surface area contributed by atoms with E-state index in [9.17, 15) is 0 Å². The van der Waals surface area contributed by atoms with Crippen LogP contribution in [0, 0.1) is 0 Å². The smallest absolute Gasteiger partial charge is 0.00928 e. The minimum absolute atomic E-state index is 1.05. The van der Waals surface area contributed by atoms with Gasteiger partial charge in [0.15, 0.2) is 0 Å².